The average Bonchev–Trinajstić information content (AvgIpc) is 3.27. The van der Waals surface area contributed by atoms with E-state index in [0.29, 0.717) is 12.5 Å². The molecular formula is C18H19NO3. The SMILES string of the molecule is O=C(OCC#Cc1ccccc1)[C@H]1CC(=O)N(CC2CC2)C1. The molecule has 1 aromatic carbocycles. The Labute approximate surface area is 130 Å². The van der Waals surface area contributed by atoms with E-state index >= 15 is 0 Å². The van der Waals surface area contributed by atoms with Gasteiger partial charge in [-0.05, 0) is 30.9 Å². The Morgan fingerprint density at radius 1 is 1.27 bits per heavy atom. The van der Waals surface area contributed by atoms with E-state index in [2.05, 4.69) is 11.8 Å². The fourth-order valence-corrected chi connectivity index (χ4v) is 2.60. The molecule has 1 aliphatic carbocycles. The fraction of sp³-hybridized carbons (Fsp3) is 0.444. The fourth-order valence-electron chi connectivity index (χ4n) is 2.60. The van der Waals surface area contributed by atoms with Gasteiger partial charge in [0, 0.05) is 25.1 Å². The molecule has 4 nitrogen and oxygen atoms in total. The molecule has 0 unspecified atom stereocenters. The first kappa shape index (κ1) is 14.6. The maximum absolute atomic E-state index is 12.0. The van der Waals surface area contributed by atoms with Crippen molar-refractivity contribution in [1.82, 2.24) is 4.90 Å². The average molecular weight is 297 g/mol. The van der Waals surface area contributed by atoms with Crippen LogP contribution >= 0.6 is 0 Å². The Hall–Kier alpha value is -2.28. The van der Waals surface area contributed by atoms with Crippen LogP contribution in [-0.4, -0.2) is 36.5 Å². The van der Waals surface area contributed by atoms with Crippen LogP contribution in [0.15, 0.2) is 30.3 Å². The number of amides is 1. The highest BCUT2D eigenvalue weighted by Crippen LogP contribution is 2.32. The Morgan fingerprint density at radius 2 is 2.05 bits per heavy atom. The van der Waals surface area contributed by atoms with Crippen molar-refractivity contribution < 1.29 is 14.3 Å². The summed E-state index contributed by atoms with van der Waals surface area (Å²) in [6.45, 7) is 1.37. The van der Waals surface area contributed by atoms with E-state index in [-0.39, 0.29) is 30.8 Å². The van der Waals surface area contributed by atoms with Gasteiger partial charge in [-0.2, -0.15) is 0 Å². The largest absolute Gasteiger partial charge is 0.452 e. The number of carbonyl (C=O) groups is 2. The second-order valence-electron chi connectivity index (χ2n) is 5.92. The number of likely N-dealkylation sites (tertiary alicyclic amines) is 1. The molecule has 1 saturated heterocycles. The Morgan fingerprint density at radius 3 is 2.77 bits per heavy atom. The summed E-state index contributed by atoms with van der Waals surface area (Å²) in [5, 5.41) is 0. The lowest BCUT2D eigenvalue weighted by molar-refractivity contribution is -0.146. The molecule has 0 bridgehead atoms. The maximum atomic E-state index is 12.0. The zero-order chi connectivity index (χ0) is 15.4. The molecule has 4 heteroatoms. The molecule has 2 fully saturated rings. The van der Waals surface area contributed by atoms with Crippen molar-refractivity contribution >= 4 is 11.9 Å². The van der Waals surface area contributed by atoms with Crippen molar-refractivity contribution in [3.05, 3.63) is 35.9 Å². The molecule has 1 heterocycles. The highest BCUT2D eigenvalue weighted by atomic mass is 16.5. The number of esters is 1. The molecule has 22 heavy (non-hydrogen) atoms. The second kappa shape index (κ2) is 6.65. The van der Waals surface area contributed by atoms with E-state index in [1.165, 1.54) is 12.8 Å². The van der Waals surface area contributed by atoms with E-state index in [4.69, 9.17) is 4.74 Å². The van der Waals surface area contributed by atoms with Gasteiger partial charge in [-0.25, -0.2) is 0 Å². The molecule has 1 aromatic rings. The molecule has 2 aliphatic rings. The third-order valence-corrected chi connectivity index (χ3v) is 4.02. The van der Waals surface area contributed by atoms with Crippen LogP contribution in [0.5, 0.6) is 0 Å². The molecule has 1 amide bonds. The van der Waals surface area contributed by atoms with E-state index in [0.717, 1.165) is 12.1 Å². The van der Waals surface area contributed by atoms with Crippen LogP contribution in [0.25, 0.3) is 0 Å². The Balaban J connectivity index is 1.44. The van der Waals surface area contributed by atoms with Gasteiger partial charge in [-0.3, -0.25) is 9.59 Å². The summed E-state index contributed by atoms with van der Waals surface area (Å²) >= 11 is 0. The summed E-state index contributed by atoms with van der Waals surface area (Å²) in [4.78, 5) is 25.6. The van der Waals surface area contributed by atoms with Gasteiger partial charge in [0.15, 0.2) is 6.61 Å². The zero-order valence-corrected chi connectivity index (χ0v) is 12.5. The van der Waals surface area contributed by atoms with Gasteiger partial charge in [0.1, 0.15) is 0 Å². The van der Waals surface area contributed by atoms with Gasteiger partial charge in [-0.15, -0.1) is 0 Å². The third kappa shape index (κ3) is 3.88. The van der Waals surface area contributed by atoms with E-state index in [1.54, 1.807) is 4.90 Å². The van der Waals surface area contributed by atoms with Crippen molar-refractivity contribution in [2.24, 2.45) is 11.8 Å². The molecule has 0 aromatic heterocycles. The van der Waals surface area contributed by atoms with Gasteiger partial charge < -0.3 is 9.64 Å². The first-order valence-electron chi connectivity index (χ1n) is 7.70. The van der Waals surface area contributed by atoms with Gasteiger partial charge in [0.25, 0.3) is 0 Å². The molecular weight excluding hydrogens is 278 g/mol. The van der Waals surface area contributed by atoms with Crippen LogP contribution in [0.4, 0.5) is 0 Å². The summed E-state index contributed by atoms with van der Waals surface area (Å²) in [6, 6.07) is 9.55. The minimum atomic E-state index is -0.329. The first-order valence-corrected chi connectivity index (χ1v) is 7.70. The van der Waals surface area contributed by atoms with Crippen LogP contribution in [0.3, 0.4) is 0 Å². The van der Waals surface area contributed by atoms with E-state index < -0.39 is 0 Å². The van der Waals surface area contributed by atoms with Gasteiger partial charge >= 0.3 is 5.97 Å². The van der Waals surface area contributed by atoms with Gasteiger partial charge in [-0.1, -0.05) is 30.0 Å². The minimum Gasteiger partial charge on any atom is -0.452 e. The Bertz CT molecular complexity index is 610. The van der Waals surface area contributed by atoms with Crippen LogP contribution in [0.2, 0.25) is 0 Å². The highest BCUT2D eigenvalue weighted by molar-refractivity contribution is 5.86. The van der Waals surface area contributed by atoms with Crippen molar-refractivity contribution in [3.63, 3.8) is 0 Å². The van der Waals surface area contributed by atoms with Crippen LogP contribution < -0.4 is 0 Å². The summed E-state index contributed by atoms with van der Waals surface area (Å²) in [5.41, 5.74) is 0.894. The Kier molecular flexibility index (Phi) is 4.43. The lowest BCUT2D eigenvalue weighted by atomic mass is 10.1. The lowest BCUT2D eigenvalue weighted by Crippen LogP contribution is -2.28. The number of carbonyl (C=O) groups excluding carboxylic acids is 2. The standard InChI is InChI=1S/C18H19NO3/c20-17-11-16(13-19(17)12-15-8-9-15)18(21)22-10-4-7-14-5-2-1-3-6-14/h1-3,5-6,15-16H,8-13H2/t16-/m0/s1. The first-order chi connectivity index (χ1) is 10.7. The maximum Gasteiger partial charge on any atom is 0.312 e. The normalized spacial score (nSPS) is 20.5. The van der Waals surface area contributed by atoms with Gasteiger partial charge in [0.05, 0.1) is 5.92 Å². The predicted molar refractivity (Wildman–Crippen MR) is 81.7 cm³/mol. The minimum absolute atomic E-state index is 0.0705. The van der Waals surface area contributed by atoms with Gasteiger partial charge in [0.2, 0.25) is 5.91 Å². The van der Waals surface area contributed by atoms with Crippen molar-refractivity contribution in [1.29, 1.82) is 0 Å². The van der Waals surface area contributed by atoms with Crippen molar-refractivity contribution in [3.8, 4) is 11.8 Å². The number of rotatable bonds is 4. The number of hydrogen-bond donors (Lipinski definition) is 0. The summed E-state index contributed by atoms with van der Waals surface area (Å²) in [7, 11) is 0. The number of hydrogen-bond acceptors (Lipinski definition) is 3. The highest BCUT2D eigenvalue weighted by Gasteiger charge is 2.37. The quantitative estimate of drug-likeness (QED) is 0.629. The van der Waals surface area contributed by atoms with Crippen LogP contribution in [0.1, 0.15) is 24.8 Å². The number of benzene rings is 1. The number of ether oxygens (including phenoxy) is 1. The predicted octanol–water partition coefficient (Wildman–Crippen LogP) is 1.84. The molecule has 3 rings (SSSR count). The molecule has 114 valence electrons. The summed E-state index contributed by atoms with van der Waals surface area (Å²) < 4.78 is 5.17. The van der Waals surface area contributed by atoms with Crippen molar-refractivity contribution in [2.45, 2.75) is 19.3 Å². The van der Waals surface area contributed by atoms with Crippen LogP contribution in [0, 0.1) is 23.7 Å². The smallest absolute Gasteiger partial charge is 0.312 e. The molecule has 0 spiro atoms. The molecule has 1 aliphatic heterocycles. The summed E-state index contributed by atoms with van der Waals surface area (Å²) in [5.74, 6) is 5.85. The van der Waals surface area contributed by atoms with Crippen molar-refractivity contribution in [2.75, 3.05) is 19.7 Å². The van der Waals surface area contributed by atoms with Crippen LogP contribution in [-0.2, 0) is 14.3 Å². The van der Waals surface area contributed by atoms with E-state index in [1.807, 2.05) is 30.3 Å². The third-order valence-electron chi connectivity index (χ3n) is 4.02. The topological polar surface area (TPSA) is 46.6 Å². The lowest BCUT2D eigenvalue weighted by Gasteiger charge is -2.15. The monoisotopic (exact) mass is 297 g/mol. The number of nitrogens with zero attached hydrogens (tertiary/aromatic N) is 1. The van der Waals surface area contributed by atoms with E-state index in [9.17, 15) is 9.59 Å². The molecule has 1 atom stereocenters. The molecule has 1 saturated carbocycles. The zero-order valence-electron chi connectivity index (χ0n) is 12.5. The summed E-state index contributed by atoms with van der Waals surface area (Å²) in [6.07, 6.45) is 2.68. The second-order valence-corrected chi connectivity index (χ2v) is 5.92. The molecule has 0 N–H and O–H groups in total. The molecule has 0 radical (unpaired) electrons.